The van der Waals surface area contributed by atoms with Crippen molar-refractivity contribution in [3.05, 3.63) is 35.4 Å². The minimum absolute atomic E-state index is 0.603. The Morgan fingerprint density at radius 2 is 1.81 bits per heavy atom. The average molecular weight is 283 g/mol. The molecule has 2 saturated carbocycles. The maximum Gasteiger partial charge on any atom is 0.00255 e. The van der Waals surface area contributed by atoms with Crippen molar-refractivity contribution in [2.75, 3.05) is 13.1 Å². The van der Waals surface area contributed by atoms with E-state index in [-0.39, 0.29) is 0 Å². The molecular weight excluding hydrogens is 254 g/mol. The molecule has 1 aromatic rings. The Morgan fingerprint density at radius 3 is 2.57 bits per heavy atom. The van der Waals surface area contributed by atoms with Crippen LogP contribution in [0.25, 0.3) is 0 Å². The molecule has 0 bridgehead atoms. The molecule has 1 N–H and O–H groups in total. The molecule has 0 aromatic heterocycles. The summed E-state index contributed by atoms with van der Waals surface area (Å²) in [6.45, 7) is 4.63. The van der Waals surface area contributed by atoms with Gasteiger partial charge in [0.05, 0.1) is 0 Å². The molecule has 114 valence electrons. The van der Waals surface area contributed by atoms with Crippen LogP contribution in [0.1, 0.15) is 62.0 Å². The molecule has 1 saturated heterocycles. The lowest BCUT2D eigenvalue weighted by Gasteiger charge is -2.50. The van der Waals surface area contributed by atoms with Gasteiger partial charge in [0.15, 0.2) is 0 Å². The van der Waals surface area contributed by atoms with Crippen LogP contribution in [0.5, 0.6) is 0 Å². The number of benzene rings is 1. The van der Waals surface area contributed by atoms with E-state index in [2.05, 4.69) is 36.5 Å². The Labute approximate surface area is 129 Å². The van der Waals surface area contributed by atoms with Crippen LogP contribution in [0.3, 0.4) is 0 Å². The second-order valence-corrected chi connectivity index (χ2v) is 7.97. The van der Waals surface area contributed by atoms with Crippen LogP contribution >= 0.6 is 0 Å². The highest BCUT2D eigenvalue weighted by atomic mass is 14.9. The van der Waals surface area contributed by atoms with Gasteiger partial charge in [-0.2, -0.15) is 0 Å². The number of aryl methyl sites for hydroxylation is 1. The molecule has 1 nitrogen and oxygen atoms in total. The van der Waals surface area contributed by atoms with Crippen molar-refractivity contribution in [1.82, 2.24) is 5.32 Å². The highest BCUT2D eigenvalue weighted by Gasteiger charge is 2.47. The van der Waals surface area contributed by atoms with Gasteiger partial charge in [0.25, 0.3) is 0 Å². The van der Waals surface area contributed by atoms with Crippen molar-refractivity contribution in [3.8, 4) is 0 Å². The zero-order valence-corrected chi connectivity index (χ0v) is 13.4. The zero-order valence-electron chi connectivity index (χ0n) is 13.4. The van der Waals surface area contributed by atoms with Crippen LogP contribution in [-0.4, -0.2) is 13.1 Å². The van der Waals surface area contributed by atoms with E-state index in [1.807, 2.05) is 0 Å². The first-order valence-electron chi connectivity index (χ1n) is 9.04. The third-order valence-corrected chi connectivity index (χ3v) is 6.57. The standard InChI is InChI=1S/C20H29N/c1-15-4-6-17(7-5-15)19-14-21-12-11-20(19)10-2-3-18(13-20)16-8-9-16/h4-7,16,18-19,21H,2-3,8-14H2,1H3. The van der Waals surface area contributed by atoms with E-state index >= 15 is 0 Å². The largest absolute Gasteiger partial charge is 0.316 e. The van der Waals surface area contributed by atoms with Crippen molar-refractivity contribution in [3.63, 3.8) is 0 Å². The summed E-state index contributed by atoms with van der Waals surface area (Å²) in [5.41, 5.74) is 3.58. The first-order chi connectivity index (χ1) is 10.3. The van der Waals surface area contributed by atoms with E-state index in [0.29, 0.717) is 5.41 Å². The van der Waals surface area contributed by atoms with E-state index in [1.54, 1.807) is 5.56 Å². The smallest absolute Gasteiger partial charge is 0.00255 e. The fourth-order valence-electron chi connectivity index (χ4n) is 5.20. The van der Waals surface area contributed by atoms with Crippen LogP contribution in [0.4, 0.5) is 0 Å². The van der Waals surface area contributed by atoms with E-state index in [9.17, 15) is 0 Å². The quantitative estimate of drug-likeness (QED) is 0.832. The predicted molar refractivity (Wildman–Crippen MR) is 88.5 cm³/mol. The maximum absolute atomic E-state index is 3.68. The number of rotatable bonds is 2. The highest BCUT2D eigenvalue weighted by Crippen LogP contribution is 2.56. The van der Waals surface area contributed by atoms with Gasteiger partial charge in [-0.3, -0.25) is 0 Å². The highest BCUT2D eigenvalue weighted by molar-refractivity contribution is 5.28. The van der Waals surface area contributed by atoms with Crippen LogP contribution in [-0.2, 0) is 0 Å². The SMILES string of the molecule is Cc1ccc(C2CNCCC23CCCC(C2CC2)C3)cc1. The van der Waals surface area contributed by atoms with Crippen molar-refractivity contribution in [2.45, 2.75) is 57.8 Å². The molecule has 1 heterocycles. The van der Waals surface area contributed by atoms with Crippen molar-refractivity contribution >= 4 is 0 Å². The van der Waals surface area contributed by atoms with Gasteiger partial charge in [0.2, 0.25) is 0 Å². The van der Waals surface area contributed by atoms with Crippen LogP contribution < -0.4 is 5.32 Å². The van der Waals surface area contributed by atoms with Crippen molar-refractivity contribution in [2.24, 2.45) is 17.3 Å². The van der Waals surface area contributed by atoms with Gasteiger partial charge in [-0.25, -0.2) is 0 Å². The number of hydrogen-bond donors (Lipinski definition) is 1. The Bertz CT molecular complexity index is 483. The van der Waals surface area contributed by atoms with Crippen LogP contribution in [0.2, 0.25) is 0 Å². The second kappa shape index (κ2) is 5.43. The fraction of sp³-hybridized carbons (Fsp3) is 0.700. The molecule has 1 aliphatic heterocycles. The van der Waals surface area contributed by atoms with Gasteiger partial charge in [0.1, 0.15) is 0 Å². The molecule has 3 aliphatic rings. The normalized spacial score (nSPS) is 36.8. The molecule has 1 aromatic carbocycles. The summed E-state index contributed by atoms with van der Waals surface area (Å²) < 4.78 is 0. The molecule has 3 atom stereocenters. The maximum atomic E-state index is 3.68. The molecule has 1 spiro atoms. The van der Waals surface area contributed by atoms with E-state index in [0.717, 1.165) is 17.8 Å². The van der Waals surface area contributed by atoms with Gasteiger partial charge in [-0.1, -0.05) is 42.7 Å². The molecule has 2 aliphatic carbocycles. The van der Waals surface area contributed by atoms with Gasteiger partial charge in [0, 0.05) is 12.5 Å². The Hall–Kier alpha value is -0.820. The molecule has 0 radical (unpaired) electrons. The Kier molecular flexibility index (Phi) is 3.57. The van der Waals surface area contributed by atoms with Crippen LogP contribution in [0.15, 0.2) is 24.3 Å². The molecule has 3 unspecified atom stereocenters. The molecule has 4 rings (SSSR count). The predicted octanol–water partition coefficient (Wildman–Crippen LogP) is 4.66. The van der Waals surface area contributed by atoms with E-state index in [4.69, 9.17) is 0 Å². The lowest BCUT2D eigenvalue weighted by molar-refractivity contribution is 0.0629. The minimum atomic E-state index is 0.603. The Morgan fingerprint density at radius 1 is 1.00 bits per heavy atom. The topological polar surface area (TPSA) is 12.0 Å². The number of nitrogens with one attached hydrogen (secondary N) is 1. The number of piperidine rings is 1. The molecule has 0 amide bonds. The zero-order chi connectivity index (χ0) is 14.3. The average Bonchev–Trinajstić information content (AvgIpc) is 3.34. The van der Waals surface area contributed by atoms with E-state index in [1.165, 1.54) is 63.6 Å². The summed E-state index contributed by atoms with van der Waals surface area (Å²) in [6, 6.07) is 9.41. The van der Waals surface area contributed by atoms with Crippen molar-refractivity contribution in [1.29, 1.82) is 0 Å². The van der Waals surface area contributed by atoms with E-state index < -0.39 is 0 Å². The summed E-state index contributed by atoms with van der Waals surface area (Å²) in [6.07, 6.45) is 10.4. The van der Waals surface area contributed by atoms with Gasteiger partial charge in [-0.05, 0) is 68.4 Å². The third kappa shape index (κ3) is 2.65. The van der Waals surface area contributed by atoms with Gasteiger partial charge < -0.3 is 5.32 Å². The first kappa shape index (κ1) is 13.8. The Balaban J connectivity index is 1.61. The lowest BCUT2D eigenvalue weighted by Crippen LogP contribution is -2.46. The summed E-state index contributed by atoms with van der Waals surface area (Å²) in [7, 11) is 0. The minimum Gasteiger partial charge on any atom is -0.316 e. The third-order valence-electron chi connectivity index (χ3n) is 6.57. The van der Waals surface area contributed by atoms with Crippen molar-refractivity contribution < 1.29 is 0 Å². The second-order valence-electron chi connectivity index (χ2n) is 7.97. The van der Waals surface area contributed by atoms with Crippen LogP contribution in [0, 0.1) is 24.2 Å². The van der Waals surface area contributed by atoms with Gasteiger partial charge >= 0.3 is 0 Å². The molecule has 21 heavy (non-hydrogen) atoms. The summed E-state index contributed by atoms with van der Waals surface area (Å²) >= 11 is 0. The number of hydrogen-bond acceptors (Lipinski definition) is 1. The summed E-state index contributed by atoms with van der Waals surface area (Å²) in [5, 5.41) is 3.68. The molecular formula is C20H29N. The first-order valence-corrected chi connectivity index (χ1v) is 9.04. The lowest BCUT2D eigenvalue weighted by atomic mass is 9.57. The van der Waals surface area contributed by atoms with Gasteiger partial charge in [-0.15, -0.1) is 0 Å². The monoisotopic (exact) mass is 283 g/mol. The summed E-state index contributed by atoms with van der Waals surface area (Å²) in [4.78, 5) is 0. The fourth-order valence-corrected chi connectivity index (χ4v) is 5.20. The summed E-state index contributed by atoms with van der Waals surface area (Å²) in [5.74, 6) is 2.88. The molecule has 3 fully saturated rings. The molecule has 1 heteroatoms.